The molecule has 0 aliphatic carbocycles. The Hall–Kier alpha value is -1.06. The van der Waals surface area contributed by atoms with E-state index in [9.17, 15) is 24.9 Å². The highest BCUT2D eigenvalue weighted by molar-refractivity contribution is 5.81. The number of ether oxygens (including phenoxy) is 1. The van der Waals surface area contributed by atoms with E-state index in [1.165, 1.54) is 0 Å². The molecule has 4 N–H and O–H groups in total. The molecule has 35 heavy (non-hydrogen) atoms. The van der Waals surface area contributed by atoms with Crippen LogP contribution in [0.4, 0.5) is 0 Å². The molecule has 0 amide bonds. The second-order valence-electron chi connectivity index (χ2n) is 10.9. The van der Waals surface area contributed by atoms with Gasteiger partial charge in [-0.1, -0.05) is 53.9 Å². The zero-order valence-electron chi connectivity index (χ0n) is 23.3. The van der Waals surface area contributed by atoms with Crippen molar-refractivity contribution in [3.05, 3.63) is 0 Å². The number of carboxylic acid groups (broad SMARTS) is 1. The molecular weight excluding hydrogens is 450 g/mol. The summed E-state index contributed by atoms with van der Waals surface area (Å²) >= 11 is 0. The second-order valence-corrected chi connectivity index (χ2v) is 10.9. The lowest BCUT2D eigenvalue weighted by Crippen LogP contribution is -2.52. The minimum Gasteiger partial charge on any atom is -0.481 e. The van der Waals surface area contributed by atoms with Crippen LogP contribution in [0.25, 0.3) is 0 Å². The molecule has 208 valence electrons. The molecule has 1 aliphatic heterocycles. The van der Waals surface area contributed by atoms with Gasteiger partial charge in [-0.05, 0) is 52.1 Å². The van der Waals surface area contributed by atoms with E-state index in [1.807, 2.05) is 32.8 Å². The SMILES string of the molecule is CC1OC(O)CC(N(C)C)C1O.CCC[C@H](C)C(O)C(C)C(=O)CCCC[C@@H](C)CC(C)C(=O)O. The van der Waals surface area contributed by atoms with Crippen molar-refractivity contribution in [2.24, 2.45) is 23.7 Å². The van der Waals surface area contributed by atoms with Gasteiger partial charge in [0, 0.05) is 24.8 Å². The molecule has 8 nitrogen and oxygen atoms in total. The highest BCUT2D eigenvalue weighted by Gasteiger charge is 2.35. The number of hydrogen-bond donors (Lipinski definition) is 4. The summed E-state index contributed by atoms with van der Waals surface area (Å²) in [6.07, 6.45) is 4.26. The van der Waals surface area contributed by atoms with Gasteiger partial charge in [0.25, 0.3) is 0 Å². The van der Waals surface area contributed by atoms with Crippen LogP contribution in [0.3, 0.4) is 0 Å². The standard InChI is InChI=1S/C19H36O4.C8H17NO3/c1-6-9-14(3)18(21)16(5)17(20)11-8-7-10-13(2)12-15(4)19(22)23;1-5-8(11)6(9(2)3)4-7(10)12-5/h13-16,18,21H,6-12H2,1-5H3,(H,22,23);5-8,10-11H,4H2,1-3H3/t13-,14+,15?,16?,18?;/m1./s1. The largest absolute Gasteiger partial charge is 0.481 e. The van der Waals surface area contributed by atoms with Gasteiger partial charge < -0.3 is 30.1 Å². The Morgan fingerprint density at radius 1 is 1.06 bits per heavy atom. The van der Waals surface area contributed by atoms with E-state index in [2.05, 4.69) is 13.8 Å². The van der Waals surface area contributed by atoms with Gasteiger partial charge >= 0.3 is 5.97 Å². The van der Waals surface area contributed by atoms with E-state index < -0.39 is 24.5 Å². The number of hydrogen-bond acceptors (Lipinski definition) is 7. The zero-order valence-corrected chi connectivity index (χ0v) is 23.3. The van der Waals surface area contributed by atoms with Gasteiger partial charge in [-0.3, -0.25) is 9.59 Å². The van der Waals surface area contributed by atoms with Crippen LogP contribution in [0.2, 0.25) is 0 Å². The molecule has 9 atom stereocenters. The lowest BCUT2D eigenvalue weighted by atomic mass is 9.86. The summed E-state index contributed by atoms with van der Waals surface area (Å²) in [6, 6.07) is -0.0104. The minimum atomic E-state index is -0.740. The second kappa shape index (κ2) is 17.4. The van der Waals surface area contributed by atoms with Crippen molar-refractivity contribution in [2.45, 2.75) is 124 Å². The summed E-state index contributed by atoms with van der Waals surface area (Å²) in [5.74, 6) is -0.661. The Labute approximate surface area is 213 Å². The Morgan fingerprint density at radius 2 is 1.66 bits per heavy atom. The topological polar surface area (TPSA) is 128 Å². The van der Waals surface area contributed by atoms with Crippen molar-refractivity contribution in [3.63, 3.8) is 0 Å². The Kier molecular flexibility index (Phi) is 16.9. The first kappa shape index (κ1) is 33.9. The third kappa shape index (κ3) is 13.2. The molecule has 0 radical (unpaired) electrons. The molecule has 0 saturated carbocycles. The van der Waals surface area contributed by atoms with Crippen LogP contribution in [0, 0.1) is 23.7 Å². The smallest absolute Gasteiger partial charge is 0.306 e. The fraction of sp³-hybridized carbons (Fsp3) is 0.926. The van der Waals surface area contributed by atoms with Crippen LogP contribution < -0.4 is 0 Å². The Bertz CT molecular complexity index is 600. The molecular formula is C27H53NO7. The number of aliphatic hydroxyl groups excluding tert-OH is 3. The summed E-state index contributed by atoms with van der Waals surface area (Å²) in [5, 5.41) is 38.0. The van der Waals surface area contributed by atoms with Crippen LogP contribution >= 0.6 is 0 Å². The number of ketones is 1. The highest BCUT2D eigenvalue weighted by Crippen LogP contribution is 2.23. The van der Waals surface area contributed by atoms with Gasteiger partial charge in [-0.2, -0.15) is 0 Å². The van der Waals surface area contributed by atoms with E-state index in [-0.39, 0.29) is 35.7 Å². The molecule has 7 unspecified atom stereocenters. The van der Waals surface area contributed by atoms with E-state index in [4.69, 9.17) is 9.84 Å². The summed E-state index contributed by atoms with van der Waals surface area (Å²) in [6.45, 7) is 11.5. The van der Waals surface area contributed by atoms with Crippen LogP contribution in [0.15, 0.2) is 0 Å². The van der Waals surface area contributed by atoms with Crippen molar-refractivity contribution >= 4 is 11.8 Å². The first-order chi connectivity index (χ1) is 16.2. The predicted octanol–water partition coefficient (Wildman–Crippen LogP) is 3.70. The molecule has 0 bridgehead atoms. The quantitative estimate of drug-likeness (QED) is 0.264. The molecule has 1 saturated heterocycles. The first-order valence-corrected chi connectivity index (χ1v) is 13.3. The molecule has 1 rings (SSSR count). The molecule has 1 aliphatic rings. The number of rotatable bonds is 14. The number of carbonyl (C=O) groups excluding carboxylic acids is 1. The molecule has 0 aromatic heterocycles. The summed E-state index contributed by atoms with van der Waals surface area (Å²) in [5.41, 5.74) is 0. The average molecular weight is 504 g/mol. The van der Waals surface area contributed by atoms with E-state index in [1.54, 1.807) is 13.8 Å². The number of aliphatic carboxylic acids is 1. The summed E-state index contributed by atoms with van der Waals surface area (Å²) in [7, 11) is 3.78. The van der Waals surface area contributed by atoms with Gasteiger partial charge in [-0.25, -0.2) is 0 Å². The third-order valence-electron chi connectivity index (χ3n) is 7.25. The monoisotopic (exact) mass is 503 g/mol. The van der Waals surface area contributed by atoms with Crippen LogP contribution in [0.1, 0.15) is 92.9 Å². The summed E-state index contributed by atoms with van der Waals surface area (Å²) < 4.78 is 5.06. The fourth-order valence-electron chi connectivity index (χ4n) is 4.71. The molecule has 1 fully saturated rings. The number of carboxylic acids is 1. The first-order valence-electron chi connectivity index (χ1n) is 13.3. The summed E-state index contributed by atoms with van der Waals surface area (Å²) in [4.78, 5) is 24.9. The van der Waals surface area contributed by atoms with Crippen molar-refractivity contribution < 1.29 is 34.8 Å². The maximum Gasteiger partial charge on any atom is 0.306 e. The molecule has 0 spiro atoms. The Balaban J connectivity index is 0.000000801. The number of aliphatic hydroxyl groups is 3. The number of likely N-dealkylation sites (N-methyl/N-ethyl adjacent to an activating group) is 1. The molecule has 1 heterocycles. The van der Waals surface area contributed by atoms with Crippen LogP contribution in [-0.2, 0) is 14.3 Å². The van der Waals surface area contributed by atoms with Crippen molar-refractivity contribution in [3.8, 4) is 0 Å². The molecule has 8 heteroatoms. The highest BCUT2D eigenvalue weighted by atomic mass is 16.6. The third-order valence-corrected chi connectivity index (χ3v) is 7.25. The van der Waals surface area contributed by atoms with Crippen molar-refractivity contribution in [2.75, 3.05) is 14.1 Å². The van der Waals surface area contributed by atoms with Gasteiger partial charge in [-0.15, -0.1) is 0 Å². The number of carbonyl (C=O) groups is 2. The van der Waals surface area contributed by atoms with Gasteiger partial charge in [0.1, 0.15) is 5.78 Å². The molecule has 0 aromatic carbocycles. The van der Waals surface area contributed by atoms with Crippen LogP contribution in [0.5, 0.6) is 0 Å². The minimum absolute atomic E-state index is 0.0104. The van der Waals surface area contributed by atoms with Crippen LogP contribution in [-0.4, -0.2) is 81.8 Å². The maximum atomic E-state index is 12.2. The van der Waals surface area contributed by atoms with E-state index in [0.29, 0.717) is 25.2 Å². The van der Waals surface area contributed by atoms with Crippen molar-refractivity contribution in [1.29, 1.82) is 0 Å². The fourth-order valence-corrected chi connectivity index (χ4v) is 4.71. The van der Waals surface area contributed by atoms with Gasteiger partial charge in [0.15, 0.2) is 6.29 Å². The average Bonchev–Trinajstić information content (AvgIpc) is 2.78. The Morgan fingerprint density at radius 3 is 2.17 bits per heavy atom. The lowest BCUT2D eigenvalue weighted by molar-refractivity contribution is -0.212. The van der Waals surface area contributed by atoms with Gasteiger partial charge in [0.2, 0.25) is 0 Å². The van der Waals surface area contributed by atoms with Crippen molar-refractivity contribution in [1.82, 2.24) is 4.90 Å². The number of unbranched alkanes of at least 4 members (excludes halogenated alkanes) is 1. The predicted molar refractivity (Wildman–Crippen MR) is 138 cm³/mol. The van der Waals surface area contributed by atoms with E-state index in [0.717, 1.165) is 32.1 Å². The number of nitrogens with zero attached hydrogens (tertiary/aromatic N) is 1. The normalized spacial score (nSPS) is 26.7. The maximum absolute atomic E-state index is 12.2. The zero-order chi connectivity index (χ0) is 27.3. The lowest BCUT2D eigenvalue weighted by Gasteiger charge is -2.39. The number of Topliss-reactive ketones (excluding diaryl/α,β-unsaturated/α-hetero) is 1. The van der Waals surface area contributed by atoms with E-state index >= 15 is 0 Å². The molecule has 0 aromatic rings. The van der Waals surface area contributed by atoms with Gasteiger partial charge in [0.05, 0.1) is 24.2 Å².